The number of thiophene rings is 1. The van der Waals surface area contributed by atoms with Crippen LogP contribution in [-0.2, 0) is 4.74 Å². The molecule has 20 heavy (non-hydrogen) atoms. The summed E-state index contributed by atoms with van der Waals surface area (Å²) in [5.41, 5.74) is 4.51. The van der Waals surface area contributed by atoms with Gasteiger partial charge in [0.15, 0.2) is 0 Å². The summed E-state index contributed by atoms with van der Waals surface area (Å²) in [4.78, 5) is 18.7. The summed E-state index contributed by atoms with van der Waals surface area (Å²) in [5.74, 6) is -0.00601. The van der Waals surface area contributed by atoms with Crippen molar-refractivity contribution in [2.75, 3.05) is 13.2 Å². The summed E-state index contributed by atoms with van der Waals surface area (Å²) in [7, 11) is 0. The second-order valence-corrected chi connectivity index (χ2v) is 6.39. The summed E-state index contributed by atoms with van der Waals surface area (Å²) >= 11 is 1.48. The number of rotatable bonds is 2. The molecule has 106 valence electrons. The lowest BCUT2D eigenvalue weighted by Crippen LogP contribution is -2.48. The molecule has 0 atom stereocenters. The highest BCUT2D eigenvalue weighted by Gasteiger charge is 2.24. The first kappa shape index (κ1) is 13.5. The Morgan fingerprint density at radius 2 is 1.90 bits per heavy atom. The number of carbonyl (C=O) groups excluding carboxylic acids is 1. The van der Waals surface area contributed by atoms with E-state index in [0.29, 0.717) is 13.2 Å². The fraction of sp³-hybridized carbons (Fsp3) is 0.467. The minimum Gasteiger partial charge on any atom is -0.377 e. The summed E-state index contributed by atoms with van der Waals surface area (Å²) in [6.07, 6.45) is 0. The van der Waals surface area contributed by atoms with Gasteiger partial charge >= 0.3 is 0 Å². The van der Waals surface area contributed by atoms with Crippen molar-refractivity contribution in [3.63, 3.8) is 0 Å². The minimum atomic E-state index is -0.00601. The molecule has 1 amide bonds. The Kier molecular flexibility index (Phi) is 3.26. The van der Waals surface area contributed by atoms with E-state index in [9.17, 15) is 4.79 Å². The quantitative estimate of drug-likeness (QED) is 0.925. The van der Waals surface area contributed by atoms with Crippen LogP contribution in [0.2, 0.25) is 0 Å². The topological polar surface area (TPSA) is 51.2 Å². The normalized spacial score (nSPS) is 15.4. The predicted octanol–water partition coefficient (Wildman–Crippen LogP) is 2.66. The molecule has 1 aliphatic rings. The molecule has 1 fully saturated rings. The summed E-state index contributed by atoms with van der Waals surface area (Å²) in [5, 5.41) is 4.13. The lowest BCUT2D eigenvalue weighted by Gasteiger charge is -2.26. The summed E-state index contributed by atoms with van der Waals surface area (Å²) in [6.45, 7) is 9.44. The molecule has 5 heteroatoms. The number of amides is 1. The van der Waals surface area contributed by atoms with E-state index in [1.807, 2.05) is 13.8 Å². The van der Waals surface area contributed by atoms with Gasteiger partial charge in [-0.25, -0.2) is 4.98 Å². The number of nitrogens with one attached hydrogen (secondary N) is 1. The van der Waals surface area contributed by atoms with Gasteiger partial charge in [-0.05, 0) is 44.4 Å². The molecule has 1 saturated heterocycles. The van der Waals surface area contributed by atoms with Gasteiger partial charge in [-0.3, -0.25) is 4.79 Å². The molecule has 2 aromatic rings. The average Bonchev–Trinajstić information content (AvgIpc) is 2.68. The molecule has 1 aliphatic heterocycles. The van der Waals surface area contributed by atoms with Crippen molar-refractivity contribution in [2.24, 2.45) is 0 Å². The van der Waals surface area contributed by atoms with Gasteiger partial charge in [0.05, 0.1) is 24.1 Å². The predicted molar refractivity (Wildman–Crippen MR) is 80.6 cm³/mol. The van der Waals surface area contributed by atoms with E-state index in [-0.39, 0.29) is 11.9 Å². The van der Waals surface area contributed by atoms with Crippen LogP contribution in [0.5, 0.6) is 0 Å². The lowest BCUT2D eigenvalue weighted by molar-refractivity contribution is -0.00339. The average molecular weight is 290 g/mol. The van der Waals surface area contributed by atoms with Crippen molar-refractivity contribution in [2.45, 2.75) is 33.7 Å². The van der Waals surface area contributed by atoms with Crippen LogP contribution in [0.4, 0.5) is 0 Å². The molecule has 0 radical (unpaired) electrons. The Morgan fingerprint density at radius 1 is 1.20 bits per heavy atom. The highest BCUT2D eigenvalue weighted by molar-refractivity contribution is 7.20. The summed E-state index contributed by atoms with van der Waals surface area (Å²) in [6, 6.07) is 0.157. The maximum atomic E-state index is 12.3. The number of nitrogens with zero attached hydrogens (tertiary/aromatic N) is 1. The van der Waals surface area contributed by atoms with Gasteiger partial charge in [0.2, 0.25) is 0 Å². The van der Waals surface area contributed by atoms with Crippen LogP contribution in [0, 0.1) is 27.7 Å². The van der Waals surface area contributed by atoms with E-state index in [1.165, 1.54) is 22.5 Å². The first-order valence-corrected chi connectivity index (χ1v) is 7.56. The Labute approximate surface area is 122 Å². The van der Waals surface area contributed by atoms with Crippen LogP contribution in [0.1, 0.15) is 32.1 Å². The van der Waals surface area contributed by atoms with Crippen molar-refractivity contribution in [3.05, 3.63) is 27.3 Å². The molecule has 0 aliphatic carbocycles. The van der Waals surface area contributed by atoms with Gasteiger partial charge < -0.3 is 10.1 Å². The van der Waals surface area contributed by atoms with E-state index in [4.69, 9.17) is 4.74 Å². The van der Waals surface area contributed by atoms with E-state index in [0.717, 1.165) is 26.4 Å². The molecule has 0 spiro atoms. The number of fused-ring (bicyclic) bond motifs is 1. The van der Waals surface area contributed by atoms with E-state index in [1.54, 1.807) is 0 Å². The summed E-state index contributed by atoms with van der Waals surface area (Å²) < 4.78 is 5.09. The number of aromatic nitrogens is 1. The zero-order valence-electron chi connectivity index (χ0n) is 12.2. The van der Waals surface area contributed by atoms with Gasteiger partial charge in [-0.2, -0.15) is 0 Å². The van der Waals surface area contributed by atoms with Crippen molar-refractivity contribution in [1.29, 1.82) is 0 Å². The van der Waals surface area contributed by atoms with Gasteiger partial charge in [-0.1, -0.05) is 0 Å². The van der Waals surface area contributed by atoms with Crippen LogP contribution < -0.4 is 5.32 Å². The molecule has 2 aromatic heterocycles. The standard InChI is InChI=1S/C15H18N2O2S/c1-7-8(2)12-9(3)13(20-15(12)16-10(7)4)14(18)17-11-5-19-6-11/h11H,5-6H2,1-4H3,(H,17,18). The highest BCUT2D eigenvalue weighted by Crippen LogP contribution is 2.34. The lowest BCUT2D eigenvalue weighted by atomic mass is 10.0. The third kappa shape index (κ3) is 2.01. The van der Waals surface area contributed by atoms with Crippen LogP contribution >= 0.6 is 11.3 Å². The Bertz CT molecular complexity index is 702. The van der Waals surface area contributed by atoms with Gasteiger partial charge in [0, 0.05) is 11.1 Å². The zero-order valence-corrected chi connectivity index (χ0v) is 13.0. The Morgan fingerprint density at radius 3 is 2.50 bits per heavy atom. The molecule has 0 aromatic carbocycles. The fourth-order valence-corrected chi connectivity index (χ4v) is 3.69. The van der Waals surface area contributed by atoms with Crippen molar-refractivity contribution in [1.82, 2.24) is 10.3 Å². The number of hydrogen-bond donors (Lipinski definition) is 1. The van der Waals surface area contributed by atoms with Crippen LogP contribution in [0.25, 0.3) is 10.2 Å². The van der Waals surface area contributed by atoms with Crippen LogP contribution in [0.15, 0.2) is 0 Å². The van der Waals surface area contributed by atoms with Crippen molar-refractivity contribution >= 4 is 27.5 Å². The molecular weight excluding hydrogens is 272 g/mol. The third-order valence-corrected chi connectivity index (χ3v) is 5.24. The van der Waals surface area contributed by atoms with E-state index in [2.05, 4.69) is 24.1 Å². The maximum Gasteiger partial charge on any atom is 0.262 e. The van der Waals surface area contributed by atoms with Crippen molar-refractivity contribution in [3.8, 4) is 0 Å². The second-order valence-electron chi connectivity index (χ2n) is 5.39. The Balaban J connectivity index is 2.06. The van der Waals surface area contributed by atoms with E-state index >= 15 is 0 Å². The van der Waals surface area contributed by atoms with Gasteiger partial charge in [0.25, 0.3) is 5.91 Å². The number of hydrogen-bond acceptors (Lipinski definition) is 4. The number of aryl methyl sites for hydroxylation is 3. The van der Waals surface area contributed by atoms with Gasteiger partial charge in [0.1, 0.15) is 4.83 Å². The molecule has 0 bridgehead atoms. The fourth-order valence-electron chi connectivity index (χ4n) is 2.50. The zero-order chi connectivity index (χ0) is 14.4. The molecule has 3 heterocycles. The van der Waals surface area contributed by atoms with Crippen LogP contribution in [0.3, 0.4) is 0 Å². The van der Waals surface area contributed by atoms with Crippen molar-refractivity contribution < 1.29 is 9.53 Å². The van der Waals surface area contributed by atoms with Crippen LogP contribution in [-0.4, -0.2) is 30.1 Å². The minimum absolute atomic E-state index is 0.00601. The first-order chi connectivity index (χ1) is 9.49. The monoisotopic (exact) mass is 290 g/mol. The smallest absolute Gasteiger partial charge is 0.262 e. The highest BCUT2D eigenvalue weighted by atomic mass is 32.1. The SMILES string of the molecule is Cc1nc2sc(C(=O)NC3COC3)c(C)c2c(C)c1C. The molecule has 3 rings (SSSR count). The maximum absolute atomic E-state index is 12.3. The first-order valence-electron chi connectivity index (χ1n) is 6.74. The van der Waals surface area contributed by atoms with E-state index < -0.39 is 0 Å². The molecule has 4 nitrogen and oxygen atoms in total. The van der Waals surface area contributed by atoms with Gasteiger partial charge in [-0.15, -0.1) is 11.3 Å². The number of ether oxygens (including phenoxy) is 1. The molecule has 0 unspecified atom stereocenters. The Hall–Kier alpha value is -1.46. The second kappa shape index (κ2) is 4.82. The third-order valence-electron chi connectivity index (χ3n) is 4.06. The largest absolute Gasteiger partial charge is 0.377 e. The molecular formula is C15H18N2O2S. The molecule has 0 saturated carbocycles. The number of pyridine rings is 1. The molecule has 1 N–H and O–H groups in total. The number of carbonyl (C=O) groups is 1.